The van der Waals surface area contributed by atoms with E-state index in [0.29, 0.717) is 19.4 Å². The fraction of sp³-hybridized carbons (Fsp3) is 0.500. The number of hydrogen-bond donors (Lipinski definition) is 1. The maximum atomic E-state index is 12.3. The van der Waals surface area contributed by atoms with E-state index in [0.717, 1.165) is 29.7 Å². The molecule has 108 valence electrons. The number of ketones is 1. The summed E-state index contributed by atoms with van der Waals surface area (Å²) in [7, 11) is 0. The number of likely N-dealkylation sites (tertiary alicyclic amines) is 1. The molecule has 4 nitrogen and oxygen atoms in total. The maximum Gasteiger partial charge on any atom is 0.320 e. The summed E-state index contributed by atoms with van der Waals surface area (Å²) in [6.45, 7) is 5.21. The molecule has 1 unspecified atom stereocenters. The average molecular weight is 275 g/mol. The lowest BCUT2D eigenvalue weighted by atomic mass is 10.00. The van der Waals surface area contributed by atoms with Gasteiger partial charge in [0.25, 0.3) is 0 Å². The van der Waals surface area contributed by atoms with Crippen molar-refractivity contribution in [1.82, 2.24) is 4.90 Å². The van der Waals surface area contributed by atoms with Gasteiger partial charge in [-0.3, -0.25) is 14.5 Å². The van der Waals surface area contributed by atoms with Crippen molar-refractivity contribution >= 4 is 11.8 Å². The highest BCUT2D eigenvalue weighted by Gasteiger charge is 2.30. The van der Waals surface area contributed by atoms with Crippen molar-refractivity contribution < 1.29 is 14.7 Å². The average Bonchev–Trinajstić information content (AvgIpc) is 2.87. The highest BCUT2D eigenvalue weighted by molar-refractivity contribution is 5.97. The maximum absolute atomic E-state index is 12.3. The molecule has 0 bridgehead atoms. The van der Waals surface area contributed by atoms with Gasteiger partial charge in [-0.15, -0.1) is 0 Å². The molecule has 0 aromatic heterocycles. The summed E-state index contributed by atoms with van der Waals surface area (Å²) in [4.78, 5) is 25.3. The summed E-state index contributed by atoms with van der Waals surface area (Å²) in [5.41, 5.74) is 2.82. The van der Waals surface area contributed by atoms with Crippen molar-refractivity contribution in [2.75, 3.05) is 13.1 Å². The van der Waals surface area contributed by atoms with E-state index in [-0.39, 0.29) is 5.78 Å². The van der Waals surface area contributed by atoms with E-state index in [1.54, 1.807) is 0 Å². The first-order valence-corrected chi connectivity index (χ1v) is 7.06. The van der Waals surface area contributed by atoms with Gasteiger partial charge in [0.15, 0.2) is 5.78 Å². The van der Waals surface area contributed by atoms with Crippen LogP contribution in [0.4, 0.5) is 0 Å². The lowest BCUT2D eigenvalue weighted by molar-refractivity contribution is -0.142. The molecule has 1 saturated heterocycles. The van der Waals surface area contributed by atoms with Crippen LogP contribution >= 0.6 is 0 Å². The molecule has 0 aliphatic carbocycles. The molecule has 2 rings (SSSR count). The summed E-state index contributed by atoms with van der Waals surface area (Å²) in [5, 5.41) is 9.12. The quantitative estimate of drug-likeness (QED) is 0.838. The first kappa shape index (κ1) is 14.7. The smallest absolute Gasteiger partial charge is 0.320 e. The topological polar surface area (TPSA) is 57.6 Å². The van der Waals surface area contributed by atoms with Gasteiger partial charge in [0.2, 0.25) is 0 Å². The zero-order valence-corrected chi connectivity index (χ0v) is 12.1. The fourth-order valence-electron chi connectivity index (χ4n) is 2.79. The molecule has 1 aliphatic rings. The standard InChI is InChI=1S/C16H21NO3/c1-11-5-6-12(2)13(10-11)15(18)7-9-17-8-3-4-14(17)16(19)20/h5-6,10,14H,3-4,7-9H2,1-2H3,(H,19,20). The zero-order valence-electron chi connectivity index (χ0n) is 12.1. The Morgan fingerprint density at radius 3 is 2.80 bits per heavy atom. The molecule has 1 N–H and O–H groups in total. The molecule has 20 heavy (non-hydrogen) atoms. The summed E-state index contributed by atoms with van der Waals surface area (Å²) in [6.07, 6.45) is 1.97. The molecule has 0 radical (unpaired) electrons. The van der Waals surface area contributed by atoms with Crippen LogP contribution in [0.15, 0.2) is 18.2 Å². The van der Waals surface area contributed by atoms with Crippen LogP contribution in [0.2, 0.25) is 0 Å². The molecule has 1 fully saturated rings. The number of nitrogens with zero attached hydrogens (tertiary/aromatic N) is 1. The molecule has 1 aromatic rings. The highest BCUT2D eigenvalue weighted by atomic mass is 16.4. The first-order valence-electron chi connectivity index (χ1n) is 7.06. The molecule has 1 atom stereocenters. The number of aryl methyl sites for hydroxylation is 2. The Bertz CT molecular complexity index is 524. The number of Topliss-reactive ketones (excluding diaryl/α,β-unsaturated/α-hetero) is 1. The molecule has 0 saturated carbocycles. The number of benzene rings is 1. The van der Waals surface area contributed by atoms with Gasteiger partial charge in [-0.2, -0.15) is 0 Å². The van der Waals surface area contributed by atoms with Crippen LogP contribution < -0.4 is 0 Å². The predicted octanol–water partition coefficient (Wildman–Crippen LogP) is 2.43. The predicted molar refractivity (Wildman–Crippen MR) is 77.1 cm³/mol. The van der Waals surface area contributed by atoms with E-state index in [9.17, 15) is 9.59 Å². The monoisotopic (exact) mass is 275 g/mol. The Labute approximate surface area is 119 Å². The largest absolute Gasteiger partial charge is 0.480 e. The van der Waals surface area contributed by atoms with E-state index < -0.39 is 12.0 Å². The molecule has 4 heteroatoms. The van der Waals surface area contributed by atoms with Crippen LogP contribution in [0.1, 0.15) is 40.7 Å². The van der Waals surface area contributed by atoms with Gasteiger partial charge in [0, 0.05) is 18.5 Å². The Kier molecular flexibility index (Phi) is 4.55. The summed E-state index contributed by atoms with van der Waals surface area (Å²) < 4.78 is 0. The number of rotatable bonds is 5. The van der Waals surface area contributed by atoms with E-state index in [4.69, 9.17) is 5.11 Å². The van der Waals surface area contributed by atoms with Gasteiger partial charge in [-0.05, 0) is 44.9 Å². The van der Waals surface area contributed by atoms with Crippen molar-refractivity contribution in [3.63, 3.8) is 0 Å². The van der Waals surface area contributed by atoms with Gasteiger partial charge < -0.3 is 5.11 Å². The third-order valence-electron chi connectivity index (χ3n) is 3.97. The molecular weight excluding hydrogens is 254 g/mol. The van der Waals surface area contributed by atoms with Gasteiger partial charge in [0.1, 0.15) is 6.04 Å². The van der Waals surface area contributed by atoms with Crippen molar-refractivity contribution in [3.8, 4) is 0 Å². The second-order valence-corrected chi connectivity index (χ2v) is 5.52. The summed E-state index contributed by atoms with van der Waals surface area (Å²) in [5.74, 6) is -0.677. The number of carboxylic acid groups (broad SMARTS) is 1. The van der Waals surface area contributed by atoms with Crippen molar-refractivity contribution in [1.29, 1.82) is 0 Å². The second kappa shape index (κ2) is 6.18. The van der Waals surface area contributed by atoms with Gasteiger partial charge in [-0.25, -0.2) is 0 Å². The van der Waals surface area contributed by atoms with Crippen LogP contribution in [0.5, 0.6) is 0 Å². The molecule has 1 aliphatic heterocycles. The normalized spacial score (nSPS) is 19.2. The Morgan fingerprint density at radius 2 is 2.10 bits per heavy atom. The molecule has 0 amide bonds. The second-order valence-electron chi connectivity index (χ2n) is 5.52. The van der Waals surface area contributed by atoms with E-state index in [2.05, 4.69) is 0 Å². The van der Waals surface area contributed by atoms with E-state index in [1.165, 1.54) is 0 Å². The Morgan fingerprint density at radius 1 is 1.35 bits per heavy atom. The minimum Gasteiger partial charge on any atom is -0.480 e. The lowest BCUT2D eigenvalue weighted by Crippen LogP contribution is -2.37. The Balaban J connectivity index is 1.98. The lowest BCUT2D eigenvalue weighted by Gasteiger charge is -2.20. The van der Waals surface area contributed by atoms with Crippen LogP contribution in [-0.2, 0) is 4.79 Å². The first-order chi connectivity index (χ1) is 9.49. The van der Waals surface area contributed by atoms with Crippen molar-refractivity contribution in [2.24, 2.45) is 0 Å². The van der Waals surface area contributed by atoms with E-state index >= 15 is 0 Å². The summed E-state index contributed by atoms with van der Waals surface area (Å²) >= 11 is 0. The van der Waals surface area contributed by atoms with Gasteiger partial charge in [0.05, 0.1) is 0 Å². The highest BCUT2D eigenvalue weighted by Crippen LogP contribution is 2.19. The fourth-order valence-corrected chi connectivity index (χ4v) is 2.79. The van der Waals surface area contributed by atoms with Crippen LogP contribution in [-0.4, -0.2) is 40.9 Å². The van der Waals surface area contributed by atoms with Crippen molar-refractivity contribution in [3.05, 3.63) is 34.9 Å². The van der Waals surface area contributed by atoms with Crippen LogP contribution in [0.25, 0.3) is 0 Å². The molecule has 1 heterocycles. The third kappa shape index (κ3) is 3.25. The van der Waals surface area contributed by atoms with Crippen LogP contribution in [0.3, 0.4) is 0 Å². The minimum atomic E-state index is -0.776. The third-order valence-corrected chi connectivity index (χ3v) is 3.97. The number of carbonyl (C=O) groups excluding carboxylic acids is 1. The molecule has 0 spiro atoms. The number of hydrogen-bond acceptors (Lipinski definition) is 3. The van der Waals surface area contributed by atoms with Gasteiger partial charge >= 0.3 is 5.97 Å². The number of carbonyl (C=O) groups is 2. The zero-order chi connectivity index (χ0) is 14.7. The number of aliphatic carboxylic acids is 1. The van der Waals surface area contributed by atoms with Crippen LogP contribution in [0, 0.1) is 13.8 Å². The summed E-state index contributed by atoms with van der Waals surface area (Å²) in [6, 6.07) is 5.45. The van der Waals surface area contributed by atoms with Crippen molar-refractivity contribution in [2.45, 2.75) is 39.2 Å². The number of carboxylic acids is 1. The van der Waals surface area contributed by atoms with E-state index in [1.807, 2.05) is 36.9 Å². The minimum absolute atomic E-state index is 0.0993. The molecular formula is C16H21NO3. The molecule has 1 aromatic carbocycles. The SMILES string of the molecule is Cc1ccc(C)c(C(=O)CCN2CCCC2C(=O)O)c1. The van der Waals surface area contributed by atoms with Gasteiger partial charge in [-0.1, -0.05) is 17.7 Å². The Hall–Kier alpha value is -1.68.